The highest BCUT2D eigenvalue weighted by Gasteiger charge is 2.33. The predicted molar refractivity (Wildman–Crippen MR) is 95.4 cm³/mol. The van der Waals surface area contributed by atoms with Crippen molar-refractivity contribution in [2.45, 2.75) is 57.7 Å². The molecule has 1 aliphatic heterocycles. The number of nitrogens with zero attached hydrogens (tertiary/aromatic N) is 2. The second kappa shape index (κ2) is 6.64. The summed E-state index contributed by atoms with van der Waals surface area (Å²) in [7, 11) is 0. The maximum Gasteiger partial charge on any atom is 0.289 e. The third-order valence-electron chi connectivity index (χ3n) is 5.21. The number of nitrogens with one attached hydrogen (secondary N) is 1. The molecule has 2 aromatic rings. The summed E-state index contributed by atoms with van der Waals surface area (Å²) in [6.45, 7) is 5.86. The van der Waals surface area contributed by atoms with Gasteiger partial charge in [0.15, 0.2) is 5.89 Å². The van der Waals surface area contributed by atoms with Gasteiger partial charge in [-0.25, -0.2) is 4.98 Å². The molecule has 2 atom stereocenters. The summed E-state index contributed by atoms with van der Waals surface area (Å²) in [5, 5.41) is 3.14. The van der Waals surface area contributed by atoms with Crippen LogP contribution in [-0.4, -0.2) is 34.4 Å². The van der Waals surface area contributed by atoms with E-state index in [1.165, 1.54) is 5.56 Å². The van der Waals surface area contributed by atoms with Gasteiger partial charge in [-0.2, -0.15) is 0 Å². The summed E-state index contributed by atoms with van der Waals surface area (Å²) in [4.78, 5) is 19.4. The zero-order valence-electron chi connectivity index (χ0n) is 14.9. The molecule has 0 bridgehead atoms. The minimum atomic E-state index is -0.129. The van der Waals surface area contributed by atoms with E-state index in [-0.39, 0.29) is 11.9 Å². The third kappa shape index (κ3) is 3.61. The van der Waals surface area contributed by atoms with Gasteiger partial charge < -0.3 is 9.73 Å². The molecular formula is C20H25N3O2. The van der Waals surface area contributed by atoms with Gasteiger partial charge in [0.05, 0.1) is 5.69 Å². The lowest BCUT2D eigenvalue weighted by Gasteiger charge is -2.20. The van der Waals surface area contributed by atoms with E-state index in [9.17, 15) is 4.79 Å². The van der Waals surface area contributed by atoms with Crippen LogP contribution in [-0.2, 0) is 6.54 Å². The van der Waals surface area contributed by atoms with Crippen molar-refractivity contribution >= 4 is 5.91 Å². The fourth-order valence-corrected chi connectivity index (χ4v) is 3.63. The highest BCUT2D eigenvalue weighted by molar-refractivity contribution is 5.92. The van der Waals surface area contributed by atoms with E-state index >= 15 is 0 Å². The van der Waals surface area contributed by atoms with Gasteiger partial charge in [-0.1, -0.05) is 30.3 Å². The molecule has 2 heterocycles. The number of likely N-dealkylation sites (tertiary alicyclic amines) is 1. The van der Waals surface area contributed by atoms with Crippen LogP contribution in [0.25, 0.3) is 0 Å². The summed E-state index contributed by atoms with van der Waals surface area (Å²) >= 11 is 0. The van der Waals surface area contributed by atoms with Gasteiger partial charge in [0, 0.05) is 31.1 Å². The fraction of sp³-hybridized carbons (Fsp3) is 0.500. The molecule has 1 saturated heterocycles. The molecule has 1 amide bonds. The number of carbonyl (C=O) groups is 1. The van der Waals surface area contributed by atoms with Crippen molar-refractivity contribution in [2.24, 2.45) is 0 Å². The Labute approximate surface area is 148 Å². The SMILES string of the molecule is Cc1nc(C2CC2)oc1C(=O)N[C@@H]1C[C@@H](C)N(Cc2ccccc2)C1. The Balaban J connectivity index is 1.37. The Morgan fingerprint density at radius 1 is 1.32 bits per heavy atom. The van der Waals surface area contributed by atoms with Crippen LogP contribution < -0.4 is 5.32 Å². The van der Waals surface area contributed by atoms with E-state index in [4.69, 9.17) is 4.42 Å². The van der Waals surface area contributed by atoms with Gasteiger partial charge in [-0.15, -0.1) is 0 Å². The molecule has 2 aliphatic rings. The van der Waals surface area contributed by atoms with E-state index < -0.39 is 0 Å². The summed E-state index contributed by atoms with van der Waals surface area (Å²) in [6, 6.07) is 11.1. The minimum absolute atomic E-state index is 0.129. The lowest BCUT2D eigenvalue weighted by Crippen LogP contribution is -2.37. The van der Waals surface area contributed by atoms with Crippen molar-refractivity contribution in [2.75, 3.05) is 6.54 Å². The van der Waals surface area contributed by atoms with E-state index in [0.29, 0.717) is 23.4 Å². The van der Waals surface area contributed by atoms with Crippen LogP contribution in [0.2, 0.25) is 0 Å². The van der Waals surface area contributed by atoms with Gasteiger partial charge in [0.2, 0.25) is 5.76 Å². The lowest BCUT2D eigenvalue weighted by molar-refractivity contribution is 0.0907. The Bertz CT molecular complexity index is 752. The Morgan fingerprint density at radius 3 is 2.80 bits per heavy atom. The summed E-state index contributed by atoms with van der Waals surface area (Å²) < 4.78 is 5.72. The first-order chi connectivity index (χ1) is 12.1. The van der Waals surface area contributed by atoms with Crippen LogP contribution in [0, 0.1) is 6.92 Å². The van der Waals surface area contributed by atoms with Crippen molar-refractivity contribution in [3.63, 3.8) is 0 Å². The normalized spacial score (nSPS) is 23.8. The first kappa shape index (κ1) is 16.3. The van der Waals surface area contributed by atoms with Crippen LogP contribution in [0.5, 0.6) is 0 Å². The van der Waals surface area contributed by atoms with Crippen molar-refractivity contribution in [3.8, 4) is 0 Å². The number of aromatic nitrogens is 1. The Hall–Kier alpha value is -2.14. The van der Waals surface area contributed by atoms with E-state index in [0.717, 1.165) is 38.2 Å². The van der Waals surface area contributed by atoms with Crippen LogP contribution in [0.1, 0.15) is 59.8 Å². The molecule has 2 fully saturated rings. The molecule has 1 N–H and O–H groups in total. The minimum Gasteiger partial charge on any atom is -0.435 e. The average molecular weight is 339 g/mol. The number of hydrogen-bond acceptors (Lipinski definition) is 4. The predicted octanol–water partition coefficient (Wildman–Crippen LogP) is 3.25. The fourth-order valence-electron chi connectivity index (χ4n) is 3.63. The van der Waals surface area contributed by atoms with Crippen LogP contribution in [0.3, 0.4) is 0 Å². The summed E-state index contributed by atoms with van der Waals surface area (Å²) in [5.41, 5.74) is 2.01. The smallest absolute Gasteiger partial charge is 0.289 e. The van der Waals surface area contributed by atoms with Crippen LogP contribution in [0.15, 0.2) is 34.7 Å². The molecule has 0 radical (unpaired) electrons. The third-order valence-corrected chi connectivity index (χ3v) is 5.21. The zero-order valence-corrected chi connectivity index (χ0v) is 14.9. The quantitative estimate of drug-likeness (QED) is 0.908. The molecule has 5 heteroatoms. The molecule has 4 rings (SSSR count). The highest BCUT2D eigenvalue weighted by Crippen LogP contribution is 2.40. The Kier molecular flexibility index (Phi) is 4.34. The van der Waals surface area contributed by atoms with Crippen molar-refractivity contribution < 1.29 is 9.21 Å². The van der Waals surface area contributed by atoms with Crippen molar-refractivity contribution in [1.82, 2.24) is 15.2 Å². The van der Waals surface area contributed by atoms with E-state index in [2.05, 4.69) is 46.4 Å². The van der Waals surface area contributed by atoms with E-state index in [1.807, 2.05) is 13.0 Å². The maximum atomic E-state index is 12.6. The van der Waals surface area contributed by atoms with Crippen LogP contribution >= 0.6 is 0 Å². The molecule has 25 heavy (non-hydrogen) atoms. The molecule has 132 valence electrons. The number of benzene rings is 1. The topological polar surface area (TPSA) is 58.4 Å². The van der Waals surface area contributed by atoms with Crippen molar-refractivity contribution in [3.05, 3.63) is 53.2 Å². The highest BCUT2D eigenvalue weighted by atomic mass is 16.4. The number of carbonyl (C=O) groups excluding carboxylic acids is 1. The summed E-state index contributed by atoms with van der Waals surface area (Å²) in [5.74, 6) is 1.41. The molecule has 5 nitrogen and oxygen atoms in total. The molecule has 1 aromatic carbocycles. The van der Waals surface area contributed by atoms with Crippen molar-refractivity contribution in [1.29, 1.82) is 0 Å². The standard InChI is InChI=1S/C20H25N3O2/c1-13-10-17(12-23(13)11-15-6-4-3-5-7-15)22-19(24)18-14(2)21-20(25-18)16-8-9-16/h3-7,13,16-17H,8-12H2,1-2H3,(H,22,24)/t13-,17-/m1/s1. The molecule has 0 unspecified atom stereocenters. The molecule has 1 aliphatic carbocycles. The number of rotatable bonds is 5. The summed E-state index contributed by atoms with van der Waals surface area (Å²) in [6.07, 6.45) is 3.20. The first-order valence-electron chi connectivity index (χ1n) is 9.16. The lowest BCUT2D eigenvalue weighted by atomic mass is 10.2. The van der Waals surface area contributed by atoms with Gasteiger partial charge in [0.1, 0.15) is 0 Å². The molecule has 0 spiro atoms. The molecule has 1 aromatic heterocycles. The molecule has 1 saturated carbocycles. The largest absolute Gasteiger partial charge is 0.435 e. The number of aryl methyl sites for hydroxylation is 1. The van der Waals surface area contributed by atoms with Gasteiger partial charge >= 0.3 is 0 Å². The van der Waals surface area contributed by atoms with Gasteiger partial charge in [-0.05, 0) is 38.7 Å². The average Bonchev–Trinajstić information content (AvgIpc) is 3.29. The second-order valence-corrected chi connectivity index (χ2v) is 7.41. The molecular weight excluding hydrogens is 314 g/mol. The Morgan fingerprint density at radius 2 is 2.08 bits per heavy atom. The van der Waals surface area contributed by atoms with Gasteiger partial charge in [0.25, 0.3) is 5.91 Å². The van der Waals surface area contributed by atoms with E-state index in [1.54, 1.807) is 0 Å². The first-order valence-corrected chi connectivity index (χ1v) is 9.16. The number of hydrogen-bond donors (Lipinski definition) is 1. The maximum absolute atomic E-state index is 12.6. The number of amides is 1. The van der Waals surface area contributed by atoms with Crippen LogP contribution in [0.4, 0.5) is 0 Å². The van der Waals surface area contributed by atoms with Gasteiger partial charge in [-0.3, -0.25) is 9.69 Å². The monoisotopic (exact) mass is 339 g/mol. The zero-order chi connectivity index (χ0) is 17.4. The second-order valence-electron chi connectivity index (χ2n) is 7.41. The number of oxazole rings is 1.